The summed E-state index contributed by atoms with van der Waals surface area (Å²) in [5.41, 5.74) is 0. The van der Waals surface area contributed by atoms with E-state index >= 15 is 0 Å². The molecule has 1 atom stereocenters. The summed E-state index contributed by atoms with van der Waals surface area (Å²) in [7, 11) is -1.74. The van der Waals surface area contributed by atoms with Crippen molar-refractivity contribution in [2.45, 2.75) is 24.3 Å². The summed E-state index contributed by atoms with van der Waals surface area (Å²) in [4.78, 5) is 1.23. The van der Waals surface area contributed by atoms with Crippen molar-refractivity contribution in [3.63, 3.8) is 0 Å². The highest BCUT2D eigenvalue weighted by Gasteiger charge is 2.34. The second-order valence-electron chi connectivity index (χ2n) is 3.98. The van der Waals surface area contributed by atoms with Crippen LogP contribution in [0.1, 0.15) is 11.3 Å². The van der Waals surface area contributed by atoms with Crippen LogP contribution in [0.2, 0.25) is 0 Å². The lowest BCUT2D eigenvalue weighted by Gasteiger charge is -2.15. The van der Waals surface area contributed by atoms with E-state index in [1.807, 2.05) is 6.92 Å². The fraction of sp³-hybridized carbons (Fsp3) is 0.600. The number of hydrogen-bond acceptors (Lipinski definition) is 4. The molecule has 0 saturated carbocycles. The number of nitrogens with zero attached hydrogens (tertiary/aromatic N) is 1. The van der Waals surface area contributed by atoms with Gasteiger partial charge in [0.2, 0.25) is 10.0 Å². The largest absolute Gasteiger partial charge is 0.380 e. The molecule has 1 aromatic rings. The van der Waals surface area contributed by atoms with E-state index in [4.69, 9.17) is 4.74 Å². The van der Waals surface area contributed by atoms with Crippen LogP contribution in [-0.2, 0) is 14.8 Å². The molecule has 17 heavy (non-hydrogen) atoms. The third kappa shape index (κ3) is 2.58. The monoisotopic (exact) mass is 339 g/mol. The van der Waals surface area contributed by atoms with Crippen LogP contribution in [0, 0.1) is 6.92 Å². The number of sulfonamides is 1. The minimum atomic E-state index is -3.36. The van der Waals surface area contributed by atoms with E-state index < -0.39 is 10.0 Å². The van der Waals surface area contributed by atoms with Crippen LogP contribution in [-0.4, -0.2) is 39.0 Å². The number of methoxy groups -OCH3 is 1. The summed E-state index contributed by atoms with van der Waals surface area (Å²) in [6, 6.07) is 1.68. The van der Waals surface area contributed by atoms with Crippen molar-refractivity contribution < 1.29 is 13.2 Å². The number of hydrogen-bond donors (Lipinski definition) is 0. The fourth-order valence-electron chi connectivity index (χ4n) is 1.93. The topological polar surface area (TPSA) is 46.6 Å². The summed E-state index contributed by atoms with van der Waals surface area (Å²) < 4.78 is 32.3. The summed E-state index contributed by atoms with van der Waals surface area (Å²) in [6.45, 7) is 2.81. The number of halogens is 1. The van der Waals surface area contributed by atoms with E-state index in [0.717, 1.165) is 15.1 Å². The van der Waals surface area contributed by atoms with Crippen molar-refractivity contribution in [3.8, 4) is 0 Å². The first kappa shape index (κ1) is 13.5. The molecule has 1 saturated heterocycles. The predicted octanol–water partition coefficient (Wildman–Crippen LogP) is 2.23. The first-order valence-electron chi connectivity index (χ1n) is 5.24. The van der Waals surface area contributed by atoms with Gasteiger partial charge in [0.15, 0.2) is 0 Å². The Bertz CT molecular complexity index is 512. The summed E-state index contributed by atoms with van der Waals surface area (Å²) in [5, 5.41) is 0. The zero-order chi connectivity index (χ0) is 12.6. The van der Waals surface area contributed by atoms with Crippen molar-refractivity contribution >= 4 is 37.3 Å². The Hall–Kier alpha value is 0.0500. The second-order valence-corrected chi connectivity index (χ2v) is 8.52. The highest BCUT2D eigenvalue weighted by molar-refractivity contribution is 9.11. The maximum absolute atomic E-state index is 12.4. The summed E-state index contributed by atoms with van der Waals surface area (Å²) in [5.74, 6) is 0. The molecule has 2 heterocycles. The van der Waals surface area contributed by atoms with Crippen molar-refractivity contribution in [1.29, 1.82) is 0 Å². The third-order valence-electron chi connectivity index (χ3n) is 2.90. The molecule has 0 aromatic carbocycles. The number of thiophene rings is 1. The summed E-state index contributed by atoms with van der Waals surface area (Å²) in [6.07, 6.45) is 0.784. The molecular formula is C10H14BrNO3S2. The van der Waals surface area contributed by atoms with Gasteiger partial charge in [0.1, 0.15) is 0 Å². The first-order chi connectivity index (χ1) is 7.95. The van der Waals surface area contributed by atoms with Gasteiger partial charge in [0.25, 0.3) is 0 Å². The van der Waals surface area contributed by atoms with E-state index in [2.05, 4.69) is 15.9 Å². The molecule has 1 unspecified atom stereocenters. The van der Waals surface area contributed by atoms with Gasteiger partial charge in [0.05, 0.1) is 14.8 Å². The van der Waals surface area contributed by atoms with Gasteiger partial charge >= 0.3 is 0 Å². The Morgan fingerprint density at radius 3 is 2.76 bits per heavy atom. The van der Waals surface area contributed by atoms with Gasteiger partial charge in [-0.3, -0.25) is 0 Å². The lowest BCUT2D eigenvalue weighted by molar-refractivity contribution is 0.115. The van der Waals surface area contributed by atoms with E-state index in [-0.39, 0.29) is 6.10 Å². The van der Waals surface area contributed by atoms with Crippen LogP contribution in [0.15, 0.2) is 14.7 Å². The molecule has 0 N–H and O–H groups in total. The zero-order valence-corrected chi connectivity index (χ0v) is 12.9. The number of aryl methyl sites for hydroxylation is 1. The SMILES string of the molecule is COC1CCN(S(=O)(=O)c2cc(Br)sc2C)C1. The van der Waals surface area contributed by atoms with Gasteiger partial charge in [-0.1, -0.05) is 0 Å². The van der Waals surface area contributed by atoms with Crippen LogP contribution < -0.4 is 0 Å². The maximum atomic E-state index is 12.4. The Balaban J connectivity index is 2.28. The smallest absolute Gasteiger partial charge is 0.244 e. The van der Waals surface area contributed by atoms with Gasteiger partial charge in [0, 0.05) is 25.1 Å². The Morgan fingerprint density at radius 1 is 1.59 bits per heavy atom. The van der Waals surface area contributed by atoms with E-state index in [1.54, 1.807) is 13.2 Å². The molecule has 0 bridgehead atoms. The van der Waals surface area contributed by atoms with Gasteiger partial charge in [-0.2, -0.15) is 4.31 Å². The zero-order valence-electron chi connectivity index (χ0n) is 9.64. The molecular weight excluding hydrogens is 326 g/mol. The molecule has 1 fully saturated rings. The molecule has 96 valence electrons. The fourth-order valence-corrected chi connectivity index (χ4v) is 5.80. The Morgan fingerprint density at radius 2 is 2.29 bits per heavy atom. The number of rotatable bonds is 3. The average Bonchev–Trinajstić information content (AvgIpc) is 2.85. The molecule has 2 rings (SSSR count). The Labute approximate surface area is 114 Å². The quantitative estimate of drug-likeness (QED) is 0.848. The van der Waals surface area contributed by atoms with E-state index in [9.17, 15) is 8.42 Å². The van der Waals surface area contributed by atoms with Crippen molar-refractivity contribution in [3.05, 3.63) is 14.7 Å². The van der Waals surface area contributed by atoms with Crippen LogP contribution in [0.4, 0.5) is 0 Å². The van der Waals surface area contributed by atoms with Gasteiger partial charge < -0.3 is 4.74 Å². The maximum Gasteiger partial charge on any atom is 0.244 e. The second kappa shape index (κ2) is 4.97. The van der Waals surface area contributed by atoms with Crippen LogP contribution >= 0.6 is 27.3 Å². The molecule has 0 spiro atoms. The molecule has 1 aromatic heterocycles. The molecule has 0 amide bonds. The van der Waals surface area contributed by atoms with Crippen molar-refractivity contribution in [1.82, 2.24) is 4.31 Å². The normalized spacial score (nSPS) is 22.2. The lowest BCUT2D eigenvalue weighted by Crippen LogP contribution is -2.30. The molecule has 0 radical (unpaired) electrons. The van der Waals surface area contributed by atoms with Gasteiger partial charge in [-0.25, -0.2) is 8.42 Å². The van der Waals surface area contributed by atoms with Crippen LogP contribution in [0.3, 0.4) is 0 Å². The molecule has 1 aliphatic rings. The van der Waals surface area contributed by atoms with Gasteiger partial charge in [-0.05, 0) is 35.3 Å². The predicted molar refractivity (Wildman–Crippen MR) is 70.9 cm³/mol. The third-order valence-corrected chi connectivity index (χ3v) is 6.58. The number of ether oxygens (including phenoxy) is 1. The standard InChI is InChI=1S/C10H14BrNO3S2/c1-7-9(5-10(11)16-7)17(13,14)12-4-3-8(6-12)15-2/h5,8H,3-4,6H2,1-2H3. The van der Waals surface area contributed by atoms with E-state index in [1.165, 1.54) is 15.6 Å². The van der Waals surface area contributed by atoms with Crippen molar-refractivity contribution in [2.24, 2.45) is 0 Å². The van der Waals surface area contributed by atoms with Crippen LogP contribution in [0.5, 0.6) is 0 Å². The van der Waals surface area contributed by atoms with Crippen molar-refractivity contribution in [2.75, 3.05) is 20.2 Å². The molecule has 1 aliphatic heterocycles. The van der Waals surface area contributed by atoms with Gasteiger partial charge in [-0.15, -0.1) is 11.3 Å². The van der Waals surface area contributed by atoms with Crippen LogP contribution in [0.25, 0.3) is 0 Å². The summed E-state index contributed by atoms with van der Waals surface area (Å²) >= 11 is 4.76. The average molecular weight is 340 g/mol. The minimum absolute atomic E-state index is 0.0205. The highest BCUT2D eigenvalue weighted by Crippen LogP contribution is 2.32. The lowest BCUT2D eigenvalue weighted by atomic mass is 10.3. The Kier molecular flexibility index (Phi) is 3.94. The molecule has 7 heteroatoms. The first-order valence-corrected chi connectivity index (χ1v) is 8.29. The van der Waals surface area contributed by atoms with E-state index in [0.29, 0.717) is 18.0 Å². The minimum Gasteiger partial charge on any atom is -0.380 e. The molecule has 0 aliphatic carbocycles. The highest BCUT2D eigenvalue weighted by atomic mass is 79.9. The molecule has 4 nitrogen and oxygen atoms in total.